The molecule has 0 aromatic carbocycles. The summed E-state index contributed by atoms with van der Waals surface area (Å²) in [6.07, 6.45) is 0. The van der Waals surface area contributed by atoms with Gasteiger partial charge in [0, 0.05) is 6.54 Å². The number of hydrogen-bond acceptors (Lipinski definition) is 5. The maximum absolute atomic E-state index is 11.4. The highest BCUT2D eigenvalue weighted by Gasteiger charge is 2.22. The van der Waals surface area contributed by atoms with E-state index in [0.29, 0.717) is 24.5 Å². The Morgan fingerprint density at radius 3 is 3.06 bits per heavy atom. The zero-order chi connectivity index (χ0) is 11.5. The second kappa shape index (κ2) is 4.67. The zero-order valence-electron chi connectivity index (χ0n) is 9.41. The highest BCUT2D eigenvalue weighted by atomic mass is 16.5. The Kier molecular flexibility index (Phi) is 3.26. The van der Waals surface area contributed by atoms with E-state index in [1.54, 1.807) is 13.0 Å². The summed E-state index contributed by atoms with van der Waals surface area (Å²) in [6, 6.07) is 1.74. The first-order chi connectivity index (χ1) is 7.72. The van der Waals surface area contributed by atoms with Crippen molar-refractivity contribution < 1.29 is 18.7 Å². The second-order valence-electron chi connectivity index (χ2n) is 3.69. The minimum atomic E-state index is -0.371. The lowest BCUT2D eigenvalue weighted by Crippen LogP contribution is -2.34. The van der Waals surface area contributed by atoms with Gasteiger partial charge in [-0.25, -0.2) is 4.79 Å². The van der Waals surface area contributed by atoms with E-state index >= 15 is 0 Å². The van der Waals surface area contributed by atoms with Crippen LogP contribution in [0.4, 0.5) is 0 Å². The van der Waals surface area contributed by atoms with Crippen LogP contribution in [0.15, 0.2) is 10.5 Å². The Bertz CT molecular complexity index is 379. The van der Waals surface area contributed by atoms with Crippen molar-refractivity contribution in [3.05, 3.63) is 23.2 Å². The molecule has 16 heavy (non-hydrogen) atoms. The molecule has 1 aromatic heterocycles. The summed E-state index contributed by atoms with van der Waals surface area (Å²) in [5, 5.41) is 3.26. The first kappa shape index (κ1) is 11.2. The molecule has 1 aromatic rings. The van der Waals surface area contributed by atoms with Gasteiger partial charge in [0.1, 0.15) is 17.1 Å². The lowest BCUT2D eigenvalue weighted by atomic mass is 10.2. The first-order valence-electron chi connectivity index (χ1n) is 5.22. The standard InChI is InChI=1S/C11H15NO4/c1-7-8(11(13)14-2)5-10(16-7)9-6-15-4-3-12-9/h5,9,12H,3-4,6H2,1-2H3. The van der Waals surface area contributed by atoms with Crippen LogP contribution in [0.5, 0.6) is 0 Å². The molecule has 0 bridgehead atoms. The minimum Gasteiger partial charge on any atom is -0.465 e. The Labute approximate surface area is 93.7 Å². The van der Waals surface area contributed by atoms with Crippen LogP contribution in [0.1, 0.15) is 27.9 Å². The van der Waals surface area contributed by atoms with Crippen LogP contribution in [-0.2, 0) is 9.47 Å². The molecule has 88 valence electrons. The molecule has 0 saturated carbocycles. The van der Waals surface area contributed by atoms with Crippen LogP contribution >= 0.6 is 0 Å². The molecule has 0 amide bonds. The van der Waals surface area contributed by atoms with Crippen molar-refractivity contribution in [2.24, 2.45) is 0 Å². The monoisotopic (exact) mass is 225 g/mol. The fourth-order valence-corrected chi connectivity index (χ4v) is 1.74. The fraction of sp³-hybridized carbons (Fsp3) is 0.545. The fourth-order valence-electron chi connectivity index (χ4n) is 1.74. The Morgan fingerprint density at radius 2 is 2.44 bits per heavy atom. The normalized spacial score (nSPS) is 20.8. The predicted octanol–water partition coefficient (Wildman–Crippen LogP) is 1.04. The van der Waals surface area contributed by atoms with E-state index in [9.17, 15) is 4.79 Å². The third-order valence-corrected chi connectivity index (χ3v) is 2.61. The van der Waals surface area contributed by atoms with Gasteiger partial charge in [-0.3, -0.25) is 0 Å². The molecule has 2 rings (SSSR count). The average Bonchev–Trinajstić information content (AvgIpc) is 2.71. The first-order valence-corrected chi connectivity index (χ1v) is 5.22. The molecule has 5 nitrogen and oxygen atoms in total. The van der Waals surface area contributed by atoms with Crippen molar-refractivity contribution in [3.8, 4) is 0 Å². The van der Waals surface area contributed by atoms with Gasteiger partial charge in [-0.1, -0.05) is 0 Å². The van der Waals surface area contributed by atoms with Crippen molar-refractivity contribution >= 4 is 5.97 Å². The molecule has 0 spiro atoms. The van der Waals surface area contributed by atoms with Crippen molar-refractivity contribution in [2.75, 3.05) is 26.9 Å². The highest BCUT2D eigenvalue weighted by Crippen LogP contribution is 2.22. The quantitative estimate of drug-likeness (QED) is 0.762. The number of aryl methyl sites for hydroxylation is 1. The van der Waals surface area contributed by atoms with Crippen LogP contribution in [0.2, 0.25) is 0 Å². The van der Waals surface area contributed by atoms with Gasteiger partial charge < -0.3 is 19.2 Å². The van der Waals surface area contributed by atoms with Gasteiger partial charge in [0.15, 0.2) is 0 Å². The number of hydrogen-bond donors (Lipinski definition) is 1. The van der Waals surface area contributed by atoms with E-state index in [1.807, 2.05) is 0 Å². The van der Waals surface area contributed by atoms with Gasteiger partial charge in [0.2, 0.25) is 0 Å². The van der Waals surface area contributed by atoms with Crippen LogP contribution in [0.25, 0.3) is 0 Å². The predicted molar refractivity (Wildman–Crippen MR) is 56.3 cm³/mol. The van der Waals surface area contributed by atoms with Crippen LogP contribution in [0, 0.1) is 6.92 Å². The number of morpholine rings is 1. The number of ether oxygens (including phenoxy) is 2. The van der Waals surface area contributed by atoms with Gasteiger partial charge >= 0.3 is 5.97 Å². The number of nitrogens with one attached hydrogen (secondary N) is 1. The molecule has 0 radical (unpaired) electrons. The minimum absolute atomic E-state index is 0.0193. The van der Waals surface area contributed by atoms with Gasteiger partial charge in [-0.05, 0) is 13.0 Å². The Morgan fingerprint density at radius 1 is 1.62 bits per heavy atom. The lowest BCUT2D eigenvalue weighted by Gasteiger charge is -2.21. The molecule has 1 N–H and O–H groups in total. The molecular formula is C11H15NO4. The number of furan rings is 1. The van der Waals surface area contributed by atoms with Crippen molar-refractivity contribution in [2.45, 2.75) is 13.0 Å². The molecule has 0 aliphatic carbocycles. The summed E-state index contributed by atoms with van der Waals surface area (Å²) < 4.78 is 15.5. The van der Waals surface area contributed by atoms with E-state index in [-0.39, 0.29) is 12.0 Å². The SMILES string of the molecule is COC(=O)c1cc(C2COCCN2)oc1C. The summed E-state index contributed by atoms with van der Waals surface area (Å²) in [7, 11) is 1.36. The molecule has 1 saturated heterocycles. The molecule has 5 heteroatoms. The molecule has 1 aliphatic rings. The maximum Gasteiger partial charge on any atom is 0.341 e. The molecule has 1 unspecified atom stereocenters. The maximum atomic E-state index is 11.4. The number of esters is 1. The third kappa shape index (κ3) is 2.10. The van der Waals surface area contributed by atoms with Crippen molar-refractivity contribution in [1.29, 1.82) is 0 Å². The Balaban J connectivity index is 2.19. The van der Waals surface area contributed by atoms with Crippen molar-refractivity contribution in [3.63, 3.8) is 0 Å². The zero-order valence-corrected chi connectivity index (χ0v) is 9.41. The van der Waals surface area contributed by atoms with E-state index in [0.717, 1.165) is 12.3 Å². The smallest absolute Gasteiger partial charge is 0.341 e. The van der Waals surface area contributed by atoms with Gasteiger partial charge in [-0.2, -0.15) is 0 Å². The molecule has 1 atom stereocenters. The second-order valence-corrected chi connectivity index (χ2v) is 3.69. The number of methoxy groups -OCH3 is 1. The van der Waals surface area contributed by atoms with E-state index in [4.69, 9.17) is 9.15 Å². The van der Waals surface area contributed by atoms with Crippen LogP contribution < -0.4 is 5.32 Å². The summed E-state index contributed by atoms with van der Waals surface area (Å²) in [5.41, 5.74) is 0.477. The summed E-state index contributed by atoms with van der Waals surface area (Å²) in [6.45, 7) is 3.81. The van der Waals surface area contributed by atoms with Gasteiger partial charge in [0.05, 0.1) is 26.4 Å². The van der Waals surface area contributed by atoms with Gasteiger partial charge in [0.25, 0.3) is 0 Å². The topological polar surface area (TPSA) is 60.7 Å². The van der Waals surface area contributed by atoms with E-state index in [1.165, 1.54) is 7.11 Å². The van der Waals surface area contributed by atoms with E-state index < -0.39 is 0 Å². The van der Waals surface area contributed by atoms with Gasteiger partial charge in [-0.15, -0.1) is 0 Å². The summed E-state index contributed by atoms with van der Waals surface area (Å²) in [4.78, 5) is 11.4. The molecule has 1 aliphatic heterocycles. The number of carbonyl (C=O) groups is 1. The van der Waals surface area contributed by atoms with Crippen LogP contribution in [0.3, 0.4) is 0 Å². The van der Waals surface area contributed by atoms with Crippen LogP contribution in [-0.4, -0.2) is 32.8 Å². The Hall–Kier alpha value is -1.33. The molecule has 1 fully saturated rings. The summed E-state index contributed by atoms with van der Waals surface area (Å²) >= 11 is 0. The largest absolute Gasteiger partial charge is 0.465 e. The van der Waals surface area contributed by atoms with E-state index in [2.05, 4.69) is 10.1 Å². The molecule has 2 heterocycles. The lowest BCUT2D eigenvalue weighted by molar-refractivity contribution is 0.0599. The third-order valence-electron chi connectivity index (χ3n) is 2.61. The number of carbonyl (C=O) groups excluding carboxylic acids is 1. The van der Waals surface area contributed by atoms with Crippen molar-refractivity contribution in [1.82, 2.24) is 5.32 Å². The average molecular weight is 225 g/mol. The highest BCUT2D eigenvalue weighted by molar-refractivity contribution is 5.90. The summed E-state index contributed by atoms with van der Waals surface area (Å²) in [5.74, 6) is 0.927. The molecular weight excluding hydrogens is 210 g/mol. The number of rotatable bonds is 2.